The molecule has 0 radical (unpaired) electrons. The summed E-state index contributed by atoms with van der Waals surface area (Å²) in [5.74, 6) is -0.386. The predicted molar refractivity (Wildman–Crippen MR) is 112 cm³/mol. The van der Waals surface area contributed by atoms with Gasteiger partial charge in [-0.05, 0) is 51.3 Å². The van der Waals surface area contributed by atoms with E-state index in [0.717, 1.165) is 32.1 Å². The molecule has 1 aromatic carbocycles. The quantitative estimate of drug-likeness (QED) is 0.592. The summed E-state index contributed by atoms with van der Waals surface area (Å²) in [6, 6.07) is 4.23. The Kier molecular flexibility index (Phi) is 9.44. The lowest BCUT2D eigenvalue weighted by Crippen LogP contribution is -2.48. The van der Waals surface area contributed by atoms with Gasteiger partial charge in [-0.25, -0.2) is 9.59 Å². The average Bonchev–Trinajstić information content (AvgIpc) is 2.73. The summed E-state index contributed by atoms with van der Waals surface area (Å²) >= 11 is 0. The third-order valence-electron chi connectivity index (χ3n) is 4.77. The van der Waals surface area contributed by atoms with Crippen LogP contribution in [0, 0.1) is 0 Å². The van der Waals surface area contributed by atoms with E-state index in [1.807, 2.05) is 13.8 Å². The number of benzene rings is 1. The summed E-state index contributed by atoms with van der Waals surface area (Å²) in [5.41, 5.74) is 0.230. The van der Waals surface area contributed by atoms with Crippen LogP contribution in [0.1, 0.15) is 69.7 Å². The van der Waals surface area contributed by atoms with Gasteiger partial charge < -0.3 is 19.5 Å². The predicted octanol–water partition coefficient (Wildman–Crippen LogP) is 3.58. The zero-order valence-corrected chi connectivity index (χ0v) is 18.0. The number of amides is 3. The normalized spacial score (nSPS) is 15.0. The van der Waals surface area contributed by atoms with Gasteiger partial charge in [0.1, 0.15) is 0 Å². The molecule has 1 aliphatic rings. The third kappa shape index (κ3) is 7.24. The first kappa shape index (κ1) is 23.5. The van der Waals surface area contributed by atoms with E-state index in [2.05, 4.69) is 10.6 Å². The molecule has 2 N–H and O–H groups in total. The lowest BCUT2D eigenvalue weighted by molar-refractivity contribution is -0.127. The second kappa shape index (κ2) is 12.0. The zero-order chi connectivity index (χ0) is 21.9. The molecule has 1 atom stereocenters. The van der Waals surface area contributed by atoms with E-state index in [9.17, 15) is 14.4 Å². The summed E-state index contributed by atoms with van der Waals surface area (Å²) in [5, 5.41) is 5.03. The maximum absolute atomic E-state index is 12.4. The minimum atomic E-state index is -1.12. The molecule has 0 aromatic heterocycles. The van der Waals surface area contributed by atoms with Crippen molar-refractivity contribution in [2.45, 2.75) is 71.4 Å². The van der Waals surface area contributed by atoms with Crippen LogP contribution in [0.15, 0.2) is 18.2 Å². The van der Waals surface area contributed by atoms with Crippen molar-refractivity contribution < 1.29 is 28.6 Å². The van der Waals surface area contributed by atoms with Crippen molar-refractivity contribution in [2.75, 3.05) is 13.2 Å². The molecule has 8 nitrogen and oxygen atoms in total. The van der Waals surface area contributed by atoms with Crippen molar-refractivity contribution in [1.82, 2.24) is 10.6 Å². The van der Waals surface area contributed by atoms with Gasteiger partial charge in [-0.15, -0.1) is 0 Å². The lowest BCUT2D eigenvalue weighted by atomic mass is 9.96. The third-order valence-corrected chi connectivity index (χ3v) is 4.77. The van der Waals surface area contributed by atoms with Crippen molar-refractivity contribution in [3.8, 4) is 11.5 Å². The van der Waals surface area contributed by atoms with E-state index in [4.69, 9.17) is 14.2 Å². The van der Waals surface area contributed by atoms with Crippen LogP contribution >= 0.6 is 0 Å². The number of carbonyl (C=O) groups excluding carboxylic acids is 3. The second-order valence-electron chi connectivity index (χ2n) is 7.29. The molecule has 8 heteroatoms. The summed E-state index contributed by atoms with van der Waals surface area (Å²) in [6.45, 7) is 6.19. The highest BCUT2D eigenvalue weighted by atomic mass is 16.5. The standard InChI is InChI=1S/C22H32N2O6/c1-4-13-29-18-12-11-16(14-19(18)28-5-2)21(26)30-15(3)20(25)24-22(27)23-17-9-7-6-8-10-17/h11-12,14-15,17H,4-10,13H2,1-3H3,(H2,23,24,25,27). The maximum atomic E-state index is 12.4. The number of urea groups is 1. The molecule has 0 saturated heterocycles. The van der Waals surface area contributed by atoms with Gasteiger partial charge >= 0.3 is 12.0 Å². The molecule has 1 unspecified atom stereocenters. The molecule has 1 fully saturated rings. The van der Waals surface area contributed by atoms with Crippen LogP contribution in [0.5, 0.6) is 11.5 Å². The fourth-order valence-electron chi connectivity index (χ4n) is 3.20. The molecule has 1 saturated carbocycles. The highest BCUT2D eigenvalue weighted by Crippen LogP contribution is 2.29. The summed E-state index contributed by atoms with van der Waals surface area (Å²) in [6.07, 6.45) is 4.84. The minimum absolute atomic E-state index is 0.0786. The van der Waals surface area contributed by atoms with Gasteiger partial charge in [0.05, 0.1) is 18.8 Å². The smallest absolute Gasteiger partial charge is 0.339 e. The molecule has 0 aliphatic heterocycles. The van der Waals surface area contributed by atoms with E-state index >= 15 is 0 Å². The number of hydrogen-bond acceptors (Lipinski definition) is 6. The Bertz CT molecular complexity index is 730. The first-order chi connectivity index (χ1) is 14.4. The van der Waals surface area contributed by atoms with E-state index in [0.29, 0.717) is 24.7 Å². The molecule has 1 aromatic rings. The minimum Gasteiger partial charge on any atom is -0.490 e. The second-order valence-corrected chi connectivity index (χ2v) is 7.29. The van der Waals surface area contributed by atoms with Crippen LogP contribution < -0.4 is 20.1 Å². The number of esters is 1. The fraction of sp³-hybridized carbons (Fsp3) is 0.591. The first-order valence-electron chi connectivity index (χ1n) is 10.7. The van der Waals surface area contributed by atoms with Crippen LogP contribution in [-0.4, -0.2) is 43.3 Å². The fourth-order valence-corrected chi connectivity index (χ4v) is 3.20. The lowest BCUT2D eigenvalue weighted by Gasteiger charge is -2.23. The molecule has 3 amide bonds. The maximum Gasteiger partial charge on any atom is 0.339 e. The van der Waals surface area contributed by atoms with Crippen molar-refractivity contribution in [1.29, 1.82) is 0 Å². The summed E-state index contributed by atoms with van der Waals surface area (Å²) in [7, 11) is 0. The van der Waals surface area contributed by atoms with E-state index < -0.39 is 24.0 Å². The molecule has 0 heterocycles. The molecular formula is C22H32N2O6. The number of carbonyl (C=O) groups is 3. The van der Waals surface area contributed by atoms with Crippen LogP contribution in [-0.2, 0) is 9.53 Å². The largest absolute Gasteiger partial charge is 0.490 e. The van der Waals surface area contributed by atoms with Gasteiger partial charge in [-0.3, -0.25) is 10.1 Å². The van der Waals surface area contributed by atoms with Crippen molar-refractivity contribution >= 4 is 17.9 Å². The first-order valence-corrected chi connectivity index (χ1v) is 10.7. The average molecular weight is 421 g/mol. The highest BCUT2D eigenvalue weighted by molar-refractivity contribution is 5.98. The number of imide groups is 1. The van der Waals surface area contributed by atoms with Gasteiger partial charge in [0, 0.05) is 6.04 Å². The van der Waals surface area contributed by atoms with Crippen LogP contribution in [0.3, 0.4) is 0 Å². The Hall–Kier alpha value is -2.77. The van der Waals surface area contributed by atoms with Crippen LogP contribution in [0.2, 0.25) is 0 Å². The summed E-state index contributed by atoms with van der Waals surface area (Å²) in [4.78, 5) is 36.7. The Morgan fingerprint density at radius 1 is 1.07 bits per heavy atom. The van der Waals surface area contributed by atoms with Gasteiger partial charge in [0.15, 0.2) is 17.6 Å². The molecular weight excluding hydrogens is 388 g/mol. The molecule has 1 aliphatic carbocycles. The number of rotatable bonds is 9. The van der Waals surface area contributed by atoms with Gasteiger partial charge in [0.25, 0.3) is 5.91 Å². The van der Waals surface area contributed by atoms with Gasteiger partial charge in [0.2, 0.25) is 0 Å². The van der Waals surface area contributed by atoms with E-state index in [1.54, 1.807) is 12.1 Å². The summed E-state index contributed by atoms with van der Waals surface area (Å²) < 4.78 is 16.4. The number of hydrogen-bond donors (Lipinski definition) is 2. The molecule has 0 spiro atoms. The van der Waals surface area contributed by atoms with Crippen molar-refractivity contribution in [3.05, 3.63) is 23.8 Å². The Morgan fingerprint density at radius 2 is 1.80 bits per heavy atom. The monoisotopic (exact) mass is 420 g/mol. The topological polar surface area (TPSA) is 103 Å². The molecule has 166 valence electrons. The Labute approximate surface area is 177 Å². The van der Waals surface area contributed by atoms with Gasteiger partial charge in [-0.1, -0.05) is 26.2 Å². The van der Waals surface area contributed by atoms with Crippen molar-refractivity contribution in [3.63, 3.8) is 0 Å². The van der Waals surface area contributed by atoms with Gasteiger partial charge in [-0.2, -0.15) is 0 Å². The zero-order valence-electron chi connectivity index (χ0n) is 18.0. The molecule has 0 bridgehead atoms. The number of ether oxygens (including phenoxy) is 3. The molecule has 2 rings (SSSR count). The Balaban J connectivity index is 1.91. The highest BCUT2D eigenvalue weighted by Gasteiger charge is 2.23. The number of nitrogens with one attached hydrogen (secondary N) is 2. The van der Waals surface area contributed by atoms with E-state index in [1.165, 1.54) is 19.4 Å². The van der Waals surface area contributed by atoms with E-state index in [-0.39, 0.29) is 11.6 Å². The van der Waals surface area contributed by atoms with Crippen molar-refractivity contribution in [2.24, 2.45) is 0 Å². The molecule has 30 heavy (non-hydrogen) atoms. The SMILES string of the molecule is CCCOc1ccc(C(=O)OC(C)C(=O)NC(=O)NC2CCCCC2)cc1OCC. The Morgan fingerprint density at radius 3 is 2.47 bits per heavy atom. The van der Waals surface area contributed by atoms with Crippen LogP contribution in [0.4, 0.5) is 4.79 Å². The van der Waals surface area contributed by atoms with Crippen LogP contribution in [0.25, 0.3) is 0 Å².